The highest BCUT2D eigenvalue weighted by Crippen LogP contribution is 2.31. The molecule has 0 bridgehead atoms. The molecule has 0 saturated carbocycles. The van der Waals surface area contributed by atoms with E-state index in [9.17, 15) is 18.0 Å². The van der Waals surface area contributed by atoms with Gasteiger partial charge in [0.25, 0.3) is 0 Å². The van der Waals surface area contributed by atoms with Crippen molar-refractivity contribution in [3.8, 4) is 11.4 Å². The van der Waals surface area contributed by atoms with E-state index in [4.69, 9.17) is 0 Å². The summed E-state index contributed by atoms with van der Waals surface area (Å²) < 4.78 is 38.5. The Kier molecular flexibility index (Phi) is 5.72. The quantitative estimate of drug-likeness (QED) is 0.699. The van der Waals surface area contributed by atoms with Crippen LogP contribution < -0.4 is 5.32 Å². The lowest BCUT2D eigenvalue weighted by molar-refractivity contribution is -0.137. The number of halogens is 3. The number of hydrogen-bond donors (Lipinski definition) is 1. The van der Waals surface area contributed by atoms with Crippen LogP contribution in [0.15, 0.2) is 54.6 Å². The Labute approximate surface area is 159 Å². The van der Waals surface area contributed by atoms with E-state index < -0.39 is 11.7 Å². The number of aryl methyl sites for hydroxylation is 1. The molecule has 3 aromatic rings. The molecule has 0 saturated heterocycles. The van der Waals surface area contributed by atoms with Gasteiger partial charge in [-0.3, -0.25) is 4.79 Å². The topological polar surface area (TPSA) is 72.7 Å². The van der Waals surface area contributed by atoms with Crippen molar-refractivity contribution in [3.05, 3.63) is 65.7 Å². The molecule has 9 heteroatoms. The number of nitrogens with zero attached hydrogens (tertiary/aromatic N) is 4. The van der Waals surface area contributed by atoms with Crippen molar-refractivity contribution >= 4 is 5.91 Å². The van der Waals surface area contributed by atoms with Crippen LogP contribution in [0.3, 0.4) is 0 Å². The van der Waals surface area contributed by atoms with Crippen LogP contribution in [-0.4, -0.2) is 26.1 Å². The van der Waals surface area contributed by atoms with Gasteiger partial charge in [0, 0.05) is 12.0 Å². The number of carbonyl (C=O) groups excluding carboxylic acids is 1. The number of aromatic nitrogens is 4. The lowest BCUT2D eigenvalue weighted by Crippen LogP contribution is -2.27. The van der Waals surface area contributed by atoms with E-state index in [1.165, 1.54) is 16.9 Å². The van der Waals surface area contributed by atoms with Crippen LogP contribution in [0.4, 0.5) is 13.2 Å². The number of hydrogen-bond acceptors (Lipinski definition) is 4. The highest BCUT2D eigenvalue weighted by Gasteiger charge is 2.30. The molecule has 28 heavy (non-hydrogen) atoms. The lowest BCUT2D eigenvalue weighted by Gasteiger charge is -2.13. The molecule has 3 rings (SSSR count). The fraction of sp³-hybridized carbons (Fsp3) is 0.263. The van der Waals surface area contributed by atoms with Crippen LogP contribution in [-0.2, 0) is 17.5 Å². The second kappa shape index (κ2) is 8.20. The van der Waals surface area contributed by atoms with Crippen molar-refractivity contribution in [1.82, 2.24) is 25.5 Å². The summed E-state index contributed by atoms with van der Waals surface area (Å²) in [6.45, 7) is 2.05. The Bertz CT molecular complexity index is 940. The number of nitrogens with one attached hydrogen (secondary N) is 1. The predicted octanol–water partition coefficient (Wildman–Crippen LogP) is 3.63. The van der Waals surface area contributed by atoms with Crippen LogP contribution in [0.2, 0.25) is 0 Å². The van der Waals surface area contributed by atoms with Crippen LogP contribution in [0.5, 0.6) is 0 Å². The number of alkyl halides is 3. The maximum atomic E-state index is 12.8. The van der Waals surface area contributed by atoms with Gasteiger partial charge in [-0.25, -0.2) is 0 Å². The SMILES string of the molecule is CC(NC(=O)CCn1nnc(-c2cccc(C(F)(F)F)c2)n1)c1ccccc1. The van der Waals surface area contributed by atoms with Crippen molar-refractivity contribution in [2.24, 2.45) is 0 Å². The maximum Gasteiger partial charge on any atom is 0.416 e. The molecular formula is C19H18F3N5O. The van der Waals surface area contributed by atoms with E-state index in [1.807, 2.05) is 37.3 Å². The lowest BCUT2D eigenvalue weighted by atomic mass is 10.1. The van der Waals surface area contributed by atoms with Gasteiger partial charge < -0.3 is 5.32 Å². The summed E-state index contributed by atoms with van der Waals surface area (Å²) in [5.74, 6) is -0.113. The molecule has 6 nitrogen and oxygen atoms in total. The first kappa shape index (κ1) is 19.5. The zero-order chi connectivity index (χ0) is 20.1. The Morgan fingerprint density at radius 2 is 1.89 bits per heavy atom. The predicted molar refractivity (Wildman–Crippen MR) is 95.9 cm³/mol. The second-order valence-corrected chi connectivity index (χ2v) is 6.24. The normalized spacial score (nSPS) is 12.6. The van der Waals surface area contributed by atoms with Gasteiger partial charge in [-0.1, -0.05) is 42.5 Å². The monoisotopic (exact) mass is 389 g/mol. The van der Waals surface area contributed by atoms with Gasteiger partial charge in [0.15, 0.2) is 0 Å². The molecule has 1 unspecified atom stereocenters. The summed E-state index contributed by atoms with van der Waals surface area (Å²) in [7, 11) is 0. The molecular weight excluding hydrogens is 371 g/mol. The fourth-order valence-corrected chi connectivity index (χ4v) is 2.63. The first-order chi connectivity index (χ1) is 13.3. The molecule has 0 aliphatic heterocycles. The average Bonchev–Trinajstić information content (AvgIpc) is 3.16. The van der Waals surface area contributed by atoms with Crippen LogP contribution in [0.25, 0.3) is 11.4 Å². The molecule has 1 aromatic heterocycles. The third kappa shape index (κ3) is 4.93. The van der Waals surface area contributed by atoms with E-state index in [-0.39, 0.29) is 36.3 Å². The maximum absolute atomic E-state index is 12.8. The van der Waals surface area contributed by atoms with Gasteiger partial charge in [0.05, 0.1) is 18.2 Å². The summed E-state index contributed by atoms with van der Waals surface area (Å²) >= 11 is 0. The number of rotatable bonds is 6. The summed E-state index contributed by atoms with van der Waals surface area (Å²) in [5, 5.41) is 14.5. The number of carbonyl (C=O) groups is 1. The van der Waals surface area contributed by atoms with Crippen molar-refractivity contribution in [1.29, 1.82) is 0 Å². The van der Waals surface area contributed by atoms with E-state index in [0.717, 1.165) is 17.7 Å². The Balaban J connectivity index is 1.58. The van der Waals surface area contributed by atoms with Crippen LogP contribution >= 0.6 is 0 Å². The van der Waals surface area contributed by atoms with Crippen molar-refractivity contribution in [3.63, 3.8) is 0 Å². The molecule has 0 aliphatic carbocycles. The van der Waals surface area contributed by atoms with Gasteiger partial charge in [0.1, 0.15) is 0 Å². The van der Waals surface area contributed by atoms with Gasteiger partial charge >= 0.3 is 6.18 Å². The van der Waals surface area contributed by atoms with E-state index >= 15 is 0 Å². The van der Waals surface area contributed by atoms with E-state index in [1.54, 1.807) is 0 Å². The molecule has 0 radical (unpaired) electrons. The summed E-state index contributed by atoms with van der Waals surface area (Å²) in [6.07, 6.45) is -4.32. The minimum absolute atomic E-state index is 0.0733. The van der Waals surface area contributed by atoms with Gasteiger partial charge in [0.2, 0.25) is 11.7 Å². The highest BCUT2D eigenvalue weighted by atomic mass is 19.4. The average molecular weight is 389 g/mol. The molecule has 1 atom stereocenters. The van der Waals surface area contributed by atoms with Crippen molar-refractivity contribution in [2.75, 3.05) is 0 Å². The molecule has 1 amide bonds. The Morgan fingerprint density at radius 1 is 1.14 bits per heavy atom. The van der Waals surface area contributed by atoms with E-state index in [0.29, 0.717) is 0 Å². The molecule has 1 heterocycles. The van der Waals surface area contributed by atoms with Crippen LogP contribution in [0.1, 0.15) is 30.5 Å². The molecule has 0 fully saturated rings. The van der Waals surface area contributed by atoms with Gasteiger partial charge in [-0.15, -0.1) is 10.2 Å². The minimum Gasteiger partial charge on any atom is -0.350 e. The molecule has 1 N–H and O–H groups in total. The molecule has 2 aromatic carbocycles. The van der Waals surface area contributed by atoms with Crippen LogP contribution in [0, 0.1) is 0 Å². The van der Waals surface area contributed by atoms with Gasteiger partial charge in [-0.05, 0) is 29.8 Å². The molecule has 0 aliphatic rings. The zero-order valence-corrected chi connectivity index (χ0v) is 15.0. The molecule has 146 valence electrons. The first-order valence-electron chi connectivity index (χ1n) is 8.62. The van der Waals surface area contributed by atoms with Crippen molar-refractivity contribution in [2.45, 2.75) is 32.1 Å². The van der Waals surface area contributed by atoms with E-state index in [2.05, 4.69) is 20.7 Å². The van der Waals surface area contributed by atoms with Gasteiger partial charge in [-0.2, -0.15) is 18.0 Å². The third-order valence-electron chi connectivity index (χ3n) is 4.12. The third-order valence-corrected chi connectivity index (χ3v) is 4.12. The summed E-state index contributed by atoms with van der Waals surface area (Å²) in [5.41, 5.74) is 0.417. The zero-order valence-electron chi connectivity index (χ0n) is 15.0. The second-order valence-electron chi connectivity index (χ2n) is 6.24. The Morgan fingerprint density at radius 3 is 2.61 bits per heavy atom. The summed E-state index contributed by atoms with van der Waals surface area (Å²) in [4.78, 5) is 13.3. The largest absolute Gasteiger partial charge is 0.416 e. The van der Waals surface area contributed by atoms with Crippen molar-refractivity contribution < 1.29 is 18.0 Å². The number of amides is 1. The number of benzene rings is 2. The Hall–Kier alpha value is -3.23. The molecule has 0 spiro atoms. The smallest absolute Gasteiger partial charge is 0.350 e. The number of tetrazole rings is 1. The standard InChI is InChI=1S/C19H18F3N5O/c1-13(14-6-3-2-4-7-14)23-17(28)10-11-27-25-18(24-26-27)15-8-5-9-16(12-15)19(20,21)22/h2-9,12-13H,10-11H2,1H3,(H,23,28). The minimum atomic E-state index is -4.44. The first-order valence-corrected chi connectivity index (χ1v) is 8.62. The fourth-order valence-electron chi connectivity index (χ4n) is 2.63. The summed E-state index contributed by atoms with van der Waals surface area (Å²) in [6, 6.07) is 14.1. The highest BCUT2D eigenvalue weighted by molar-refractivity contribution is 5.76.